The third-order valence-corrected chi connectivity index (χ3v) is 3.85. The summed E-state index contributed by atoms with van der Waals surface area (Å²) in [6.07, 6.45) is 1.40. The zero-order valence-corrected chi connectivity index (χ0v) is 13.1. The van der Waals surface area contributed by atoms with Gasteiger partial charge < -0.3 is 5.32 Å². The van der Waals surface area contributed by atoms with Crippen LogP contribution in [0, 0.1) is 0 Å². The molecule has 1 atom stereocenters. The predicted molar refractivity (Wildman–Crippen MR) is 90.8 cm³/mol. The smallest absolute Gasteiger partial charge is 0.261 e. The van der Waals surface area contributed by atoms with Crippen molar-refractivity contribution in [3.8, 4) is 0 Å². The zero-order chi connectivity index (χ0) is 16.4. The number of aromatic nitrogens is 2. The van der Waals surface area contributed by atoms with Crippen LogP contribution in [0.4, 0.5) is 5.69 Å². The number of hydrogen-bond donors (Lipinski definition) is 1. The zero-order valence-electron chi connectivity index (χ0n) is 12.4. The number of hydrogen-bond acceptors (Lipinski definition) is 3. The maximum Gasteiger partial charge on any atom is 0.261 e. The van der Waals surface area contributed by atoms with Crippen molar-refractivity contribution in [2.24, 2.45) is 0 Å². The van der Waals surface area contributed by atoms with Gasteiger partial charge in [0.05, 0.1) is 17.2 Å². The number of benzene rings is 2. The third kappa shape index (κ3) is 3.10. The molecule has 1 heterocycles. The number of carbonyl (C=O) groups excluding carboxylic acids is 1. The summed E-state index contributed by atoms with van der Waals surface area (Å²) in [4.78, 5) is 29.1. The Kier molecular flexibility index (Phi) is 4.12. The molecule has 0 aliphatic carbocycles. The lowest BCUT2D eigenvalue weighted by Gasteiger charge is -2.15. The van der Waals surface area contributed by atoms with Gasteiger partial charge >= 0.3 is 0 Å². The van der Waals surface area contributed by atoms with Crippen LogP contribution in [0.1, 0.15) is 13.0 Å². The van der Waals surface area contributed by atoms with Gasteiger partial charge in [-0.15, -0.1) is 0 Å². The van der Waals surface area contributed by atoms with E-state index in [-0.39, 0.29) is 11.5 Å². The van der Waals surface area contributed by atoms with Crippen LogP contribution in [0.5, 0.6) is 0 Å². The maximum absolute atomic E-state index is 12.5. The molecule has 23 heavy (non-hydrogen) atoms. The first kappa shape index (κ1) is 15.2. The quantitative estimate of drug-likeness (QED) is 0.803. The molecule has 0 saturated heterocycles. The van der Waals surface area contributed by atoms with Crippen molar-refractivity contribution >= 4 is 34.1 Å². The molecule has 6 heteroatoms. The summed E-state index contributed by atoms with van der Waals surface area (Å²) in [5, 5.41) is 3.83. The Hall–Kier alpha value is -2.66. The van der Waals surface area contributed by atoms with E-state index in [0.29, 0.717) is 21.6 Å². The second-order valence-electron chi connectivity index (χ2n) is 5.15. The highest BCUT2D eigenvalue weighted by Gasteiger charge is 2.17. The van der Waals surface area contributed by atoms with Gasteiger partial charge in [0.2, 0.25) is 5.91 Å². The molecule has 1 unspecified atom stereocenters. The molecular weight excluding hydrogens is 314 g/mol. The van der Waals surface area contributed by atoms with Gasteiger partial charge in [-0.2, -0.15) is 0 Å². The van der Waals surface area contributed by atoms with Crippen LogP contribution in [0.3, 0.4) is 0 Å². The number of fused-ring (bicyclic) bond motifs is 1. The summed E-state index contributed by atoms with van der Waals surface area (Å²) in [6, 6.07) is 13.1. The SMILES string of the molecule is CC(C(=O)Nc1ccc(Cl)cc1)n1cnc2ccccc2c1=O. The fraction of sp³-hybridized carbons (Fsp3) is 0.118. The van der Waals surface area contributed by atoms with E-state index in [2.05, 4.69) is 10.3 Å². The molecule has 0 spiro atoms. The molecular formula is C17H14ClN3O2. The summed E-state index contributed by atoms with van der Waals surface area (Å²) >= 11 is 5.82. The fourth-order valence-corrected chi connectivity index (χ4v) is 2.39. The van der Waals surface area contributed by atoms with Gasteiger partial charge in [-0.1, -0.05) is 23.7 Å². The lowest BCUT2D eigenvalue weighted by atomic mass is 10.2. The molecule has 0 fully saturated rings. The van der Waals surface area contributed by atoms with E-state index in [4.69, 9.17) is 11.6 Å². The molecule has 0 aliphatic heterocycles. The van der Waals surface area contributed by atoms with Crippen molar-refractivity contribution in [2.75, 3.05) is 5.32 Å². The molecule has 3 aromatic rings. The highest BCUT2D eigenvalue weighted by Crippen LogP contribution is 2.15. The molecule has 0 bridgehead atoms. The van der Waals surface area contributed by atoms with Crippen LogP contribution in [0.25, 0.3) is 10.9 Å². The first-order chi connectivity index (χ1) is 11.1. The van der Waals surface area contributed by atoms with Crippen LogP contribution < -0.4 is 10.9 Å². The van der Waals surface area contributed by atoms with Crippen LogP contribution >= 0.6 is 11.6 Å². The van der Waals surface area contributed by atoms with Gasteiger partial charge in [0.25, 0.3) is 5.56 Å². The minimum atomic E-state index is -0.685. The number of nitrogens with one attached hydrogen (secondary N) is 1. The van der Waals surface area contributed by atoms with Crippen molar-refractivity contribution in [1.82, 2.24) is 9.55 Å². The predicted octanol–water partition coefficient (Wildman–Crippen LogP) is 3.25. The standard InChI is InChI=1S/C17H14ClN3O2/c1-11(16(22)20-13-8-6-12(18)7-9-13)21-10-19-15-5-3-2-4-14(15)17(21)23/h2-11H,1H3,(H,20,22). The van der Waals surface area contributed by atoms with E-state index >= 15 is 0 Å². The number of halogens is 1. The number of carbonyl (C=O) groups is 1. The molecule has 3 rings (SSSR count). The summed E-state index contributed by atoms with van der Waals surface area (Å²) in [5.74, 6) is -0.300. The minimum absolute atomic E-state index is 0.241. The monoisotopic (exact) mass is 327 g/mol. The minimum Gasteiger partial charge on any atom is -0.324 e. The van der Waals surface area contributed by atoms with Crippen LogP contribution in [0.2, 0.25) is 5.02 Å². The van der Waals surface area contributed by atoms with E-state index < -0.39 is 6.04 Å². The topological polar surface area (TPSA) is 64.0 Å². The number of nitrogens with zero attached hydrogens (tertiary/aromatic N) is 2. The van der Waals surface area contributed by atoms with E-state index in [1.165, 1.54) is 10.9 Å². The average Bonchev–Trinajstić information content (AvgIpc) is 2.57. The van der Waals surface area contributed by atoms with E-state index in [9.17, 15) is 9.59 Å². The van der Waals surface area contributed by atoms with E-state index in [1.807, 2.05) is 6.07 Å². The first-order valence-corrected chi connectivity index (χ1v) is 7.46. The Balaban J connectivity index is 1.89. The Morgan fingerprint density at radius 2 is 1.87 bits per heavy atom. The lowest BCUT2D eigenvalue weighted by molar-refractivity contribution is -0.118. The summed E-state index contributed by atoms with van der Waals surface area (Å²) < 4.78 is 1.33. The van der Waals surface area contributed by atoms with Crippen LogP contribution in [-0.2, 0) is 4.79 Å². The van der Waals surface area contributed by atoms with Gasteiger partial charge in [-0.05, 0) is 43.3 Å². The van der Waals surface area contributed by atoms with Crippen molar-refractivity contribution in [3.05, 3.63) is 70.2 Å². The van der Waals surface area contributed by atoms with Gasteiger partial charge in [0.1, 0.15) is 6.04 Å². The molecule has 116 valence electrons. The number of amides is 1. The Morgan fingerprint density at radius 1 is 1.17 bits per heavy atom. The highest BCUT2D eigenvalue weighted by molar-refractivity contribution is 6.30. The number of rotatable bonds is 3. The Morgan fingerprint density at radius 3 is 2.61 bits per heavy atom. The first-order valence-electron chi connectivity index (χ1n) is 7.08. The van der Waals surface area contributed by atoms with Gasteiger partial charge in [0.15, 0.2) is 0 Å². The molecule has 1 N–H and O–H groups in total. The van der Waals surface area contributed by atoms with Crippen LogP contribution in [-0.4, -0.2) is 15.5 Å². The van der Waals surface area contributed by atoms with Crippen molar-refractivity contribution in [2.45, 2.75) is 13.0 Å². The second kappa shape index (κ2) is 6.22. The number of anilines is 1. The summed E-state index contributed by atoms with van der Waals surface area (Å²) in [6.45, 7) is 1.66. The van der Waals surface area contributed by atoms with E-state index in [1.54, 1.807) is 49.4 Å². The summed E-state index contributed by atoms with van der Waals surface area (Å²) in [5.41, 5.74) is 0.987. The molecule has 0 radical (unpaired) electrons. The fourth-order valence-electron chi connectivity index (χ4n) is 2.27. The number of para-hydroxylation sites is 1. The van der Waals surface area contributed by atoms with Crippen molar-refractivity contribution in [1.29, 1.82) is 0 Å². The molecule has 5 nitrogen and oxygen atoms in total. The largest absolute Gasteiger partial charge is 0.324 e. The van der Waals surface area contributed by atoms with E-state index in [0.717, 1.165) is 0 Å². The molecule has 2 aromatic carbocycles. The lowest BCUT2D eigenvalue weighted by Crippen LogP contribution is -2.31. The van der Waals surface area contributed by atoms with Crippen LogP contribution in [0.15, 0.2) is 59.7 Å². The molecule has 0 aliphatic rings. The van der Waals surface area contributed by atoms with Gasteiger partial charge in [-0.3, -0.25) is 14.2 Å². The normalized spacial score (nSPS) is 12.1. The molecule has 1 amide bonds. The average molecular weight is 328 g/mol. The molecule has 0 saturated carbocycles. The second-order valence-corrected chi connectivity index (χ2v) is 5.58. The Bertz CT molecular complexity index is 919. The van der Waals surface area contributed by atoms with Crippen molar-refractivity contribution in [3.63, 3.8) is 0 Å². The molecule has 1 aromatic heterocycles. The van der Waals surface area contributed by atoms with Crippen molar-refractivity contribution < 1.29 is 4.79 Å². The summed E-state index contributed by atoms with van der Waals surface area (Å²) in [7, 11) is 0. The van der Waals surface area contributed by atoms with Gasteiger partial charge in [-0.25, -0.2) is 4.98 Å². The third-order valence-electron chi connectivity index (χ3n) is 3.60. The Labute approximate surface area is 137 Å². The van der Waals surface area contributed by atoms with Gasteiger partial charge in [0, 0.05) is 10.7 Å². The highest BCUT2D eigenvalue weighted by atomic mass is 35.5. The maximum atomic E-state index is 12.5.